The van der Waals surface area contributed by atoms with Crippen molar-refractivity contribution in [1.29, 1.82) is 0 Å². The minimum absolute atomic E-state index is 0.0341. The van der Waals surface area contributed by atoms with Crippen LogP contribution in [0.15, 0.2) is 59.5 Å². The number of Topliss-reactive ketones (excluding diaryl/α,β-unsaturated/α-hetero) is 1. The van der Waals surface area contributed by atoms with E-state index in [1.54, 1.807) is 18.9 Å². The number of rotatable bonds is 7. The minimum Gasteiger partial charge on any atom is -0.465 e. The first-order valence-corrected chi connectivity index (χ1v) is 13.5. The predicted molar refractivity (Wildman–Crippen MR) is 135 cm³/mol. The van der Waals surface area contributed by atoms with Crippen molar-refractivity contribution < 1.29 is 28.7 Å². The van der Waals surface area contributed by atoms with E-state index in [2.05, 4.69) is 0 Å². The molecule has 1 aromatic carbocycles. The van der Waals surface area contributed by atoms with E-state index in [-0.39, 0.29) is 37.3 Å². The topological polar surface area (TPSA) is 82.1 Å². The van der Waals surface area contributed by atoms with Gasteiger partial charge in [-0.1, -0.05) is 36.8 Å². The van der Waals surface area contributed by atoms with Gasteiger partial charge < -0.3 is 9.47 Å². The molecule has 0 bridgehead atoms. The molecule has 2 unspecified atom stereocenters. The van der Waals surface area contributed by atoms with Gasteiger partial charge in [0.2, 0.25) is 0 Å². The Morgan fingerprint density at radius 2 is 1.78 bits per heavy atom. The fourth-order valence-corrected chi connectivity index (χ4v) is 6.79. The molecule has 2 aliphatic carbocycles. The number of hydroxylamine groups is 1. The van der Waals surface area contributed by atoms with Gasteiger partial charge in [0, 0.05) is 22.8 Å². The number of ether oxygens (including phenoxy) is 2. The largest absolute Gasteiger partial charge is 0.465 e. The number of esters is 2. The fourth-order valence-electron chi connectivity index (χ4n) is 5.90. The molecule has 3 aliphatic rings. The minimum atomic E-state index is -1.73. The Bertz CT molecular complexity index is 1130. The van der Waals surface area contributed by atoms with Crippen LogP contribution >= 0.6 is 11.3 Å². The third-order valence-electron chi connectivity index (χ3n) is 7.48. The summed E-state index contributed by atoms with van der Waals surface area (Å²) in [7, 11) is 0. The number of anilines is 1. The fraction of sp³-hybridized carbons (Fsp3) is 0.464. The number of para-hydroxylation sites is 1. The Labute approximate surface area is 215 Å². The molecule has 8 heteroatoms. The summed E-state index contributed by atoms with van der Waals surface area (Å²) in [6, 6.07) is 12.3. The van der Waals surface area contributed by atoms with Gasteiger partial charge in [0.15, 0.2) is 11.2 Å². The van der Waals surface area contributed by atoms with E-state index < -0.39 is 29.5 Å². The monoisotopic (exact) mass is 509 g/mol. The third-order valence-corrected chi connectivity index (χ3v) is 8.41. The smallest absolute Gasteiger partial charge is 0.326 e. The molecule has 36 heavy (non-hydrogen) atoms. The molecule has 2 heterocycles. The zero-order valence-electron chi connectivity index (χ0n) is 20.6. The van der Waals surface area contributed by atoms with E-state index in [9.17, 15) is 14.4 Å². The lowest BCUT2D eigenvalue weighted by molar-refractivity contribution is -0.187. The molecule has 1 saturated carbocycles. The molecular weight excluding hydrogens is 478 g/mol. The van der Waals surface area contributed by atoms with E-state index >= 15 is 0 Å². The van der Waals surface area contributed by atoms with Gasteiger partial charge >= 0.3 is 11.9 Å². The van der Waals surface area contributed by atoms with E-state index in [1.165, 1.54) is 11.3 Å². The Balaban J connectivity index is 1.69. The highest BCUT2D eigenvalue weighted by Gasteiger charge is 2.63. The molecule has 1 saturated heterocycles. The molecule has 4 atom stereocenters. The van der Waals surface area contributed by atoms with Crippen molar-refractivity contribution in [2.45, 2.75) is 51.7 Å². The quantitative estimate of drug-likeness (QED) is 0.382. The standard InChI is InChI=1S/C28H31NO6S/c1-3-33-26(31)28(27(32)34-4-2)17-22(21-16-18-10-8-13-20(18)24(21)30)35-29(19-11-6-5-7-12-19)25(28)23-14-9-15-36-23/h5-7,9,11-12,14-16,18,20,22,25H,3-4,8,10,13,17H2,1-2H3/t18?,20?,22-,25-/m1/s1. The summed E-state index contributed by atoms with van der Waals surface area (Å²) in [4.78, 5) is 48.5. The predicted octanol–water partition coefficient (Wildman–Crippen LogP) is 5.04. The number of ketones is 1. The SMILES string of the molecule is CCOC(=O)C1(C(=O)OCC)C[C@H](C2=CC3CCCC3C2=O)ON(c2ccccc2)[C@@H]1c1cccs1. The van der Waals surface area contributed by atoms with Crippen LogP contribution in [0.1, 0.15) is 50.4 Å². The van der Waals surface area contributed by atoms with Gasteiger partial charge in [0.1, 0.15) is 12.1 Å². The summed E-state index contributed by atoms with van der Waals surface area (Å²) in [6.07, 6.45) is 4.05. The van der Waals surface area contributed by atoms with Crippen molar-refractivity contribution in [2.75, 3.05) is 18.3 Å². The first-order valence-electron chi connectivity index (χ1n) is 12.7. The average Bonchev–Trinajstić information content (AvgIpc) is 3.64. The van der Waals surface area contributed by atoms with Crippen molar-refractivity contribution in [3.05, 3.63) is 64.4 Å². The Morgan fingerprint density at radius 3 is 2.39 bits per heavy atom. The number of hydrogen-bond donors (Lipinski definition) is 0. The zero-order valence-corrected chi connectivity index (χ0v) is 21.4. The van der Waals surface area contributed by atoms with Gasteiger partial charge in [0.25, 0.3) is 0 Å². The molecule has 2 fully saturated rings. The Hall–Kier alpha value is -2.97. The molecule has 1 aromatic heterocycles. The lowest BCUT2D eigenvalue weighted by Gasteiger charge is -2.49. The molecule has 5 rings (SSSR count). The summed E-state index contributed by atoms with van der Waals surface area (Å²) in [5, 5.41) is 3.52. The van der Waals surface area contributed by atoms with Crippen molar-refractivity contribution >= 4 is 34.7 Å². The highest BCUT2D eigenvalue weighted by atomic mass is 32.1. The number of allylic oxidation sites excluding steroid dienone is 1. The third kappa shape index (κ3) is 4.06. The van der Waals surface area contributed by atoms with Gasteiger partial charge in [-0.2, -0.15) is 0 Å². The van der Waals surface area contributed by atoms with Crippen molar-refractivity contribution in [2.24, 2.45) is 17.3 Å². The van der Waals surface area contributed by atoms with Crippen LogP contribution in [0.5, 0.6) is 0 Å². The van der Waals surface area contributed by atoms with Crippen LogP contribution in [-0.4, -0.2) is 37.0 Å². The second-order valence-electron chi connectivity index (χ2n) is 9.48. The molecule has 190 valence electrons. The van der Waals surface area contributed by atoms with Gasteiger partial charge in [-0.3, -0.25) is 19.2 Å². The van der Waals surface area contributed by atoms with E-state index in [0.717, 1.165) is 24.1 Å². The first-order chi connectivity index (χ1) is 17.5. The molecule has 1 aliphatic heterocycles. The summed E-state index contributed by atoms with van der Waals surface area (Å²) < 4.78 is 11.1. The molecule has 0 amide bonds. The Kier molecular flexibility index (Phi) is 6.99. The first kappa shape index (κ1) is 24.7. The van der Waals surface area contributed by atoms with Crippen LogP contribution in [0.25, 0.3) is 0 Å². The lowest BCUT2D eigenvalue weighted by Crippen LogP contribution is -2.59. The van der Waals surface area contributed by atoms with Gasteiger partial charge in [-0.25, -0.2) is 5.06 Å². The van der Waals surface area contributed by atoms with Crippen LogP contribution in [0, 0.1) is 17.3 Å². The van der Waals surface area contributed by atoms with Crippen LogP contribution < -0.4 is 5.06 Å². The molecule has 0 spiro atoms. The van der Waals surface area contributed by atoms with Crippen molar-refractivity contribution in [3.63, 3.8) is 0 Å². The molecule has 0 radical (unpaired) electrons. The van der Waals surface area contributed by atoms with Crippen LogP contribution in [0.2, 0.25) is 0 Å². The summed E-state index contributed by atoms with van der Waals surface area (Å²) in [5.74, 6) is -1.12. The second kappa shape index (κ2) is 10.2. The molecular formula is C28H31NO6S. The van der Waals surface area contributed by atoms with Crippen molar-refractivity contribution in [3.8, 4) is 0 Å². The summed E-state index contributed by atoms with van der Waals surface area (Å²) >= 11 is 1.43. The highest BCUT2D eigenvalue weighted by molar-refractivity contribution is 7.10. The van der Waals surface area contributed by atoms with E-state index in [4.69, 9.17) is 14.3 Å². The number of benzene rings is 1. The van der Waals surface area contributed by atoms with Crippen LogP contribution in [0.4, 0.5) is 5.69 Å². The Morgan fingerprint density at radius 1 is 1.06 bits per heavy atom. The maximum Gasteiger partial charge on any atom is 0.326 e. The van der Waals surface area contributed by atoms with Gasteiger partial charge in [-0.05, 0) is 56.2 Å². The maximum absolute atomic E-state index is 13.9. The second-order valence-corrected chi connectivity index (χ2v) is 10.5. The number of fused-ring (bicyclic) bond motifs is 1. The number of thiophene rings is 1. The lowest BCUT2D eigenvalue weighted by atomic mass is 9.72. The normalized spacial score (nSPS) is 26.9. The molecule has 0 N–H and O–H groups in total. The molecule has 2 aromatic rings. The van der Waals surface area contributed by atoms with E-state index in [1.807, 2.05) is 53.9 Å². The van der Waals surface area contributed by atoms with Crippen molar-refractivity contribution in [1.82, 2.24) is 0 Å². The van der Waals surface area contributed by atoms with Crippen LogP contribution in [-0.2, 0) is 28.7 Å². The van der Waals surface area contributed by atoms with E-state index in [0.29, 0.717) is 11.3 Å². The van der Waals surface area contributed by atoms with Gasteiger partial charge in [0.05, 0.1) is 18.9 Å². The summed E-state index contributed by atoms with van der Waals surface area (Å²) in [6.45, 7) is 3.65. The number of carbonyl (C=O) groups excluding carboxylic acids is 3. The molecule has 7 nitrogen and oxygen atoms in total. The summed E-state index contributed by atoms with van der Waals surface area (Å²) in [5.41, 5.74) is -0.507. The van der Waals surface area contributed by atoms with Gasteiger partial charge in [-0.15, -0.1) is 11.3 Å². The number of carbonyl (C=O) groups is 3. The maximum atomic E-state index is 13.9. The average molecular weight is 510 g/mol. The van der Waals surface area contributed by atoms with Crippen LogP contribution in [0.3, 0.4) is 0 Å². The number of hydrogen-bond acceptors (Lipinski definition) is 8. The zero-order chi connectivity index (χ0) is 25.3. The highest BCUT2D eigenvalue weighted by Crippen LogP contribution is 2.54. The number of nitrogens with zero attached hydrogens (tertiary/aromatic N) is 1.